The minimum atomic E-state index is -4.60. The molecule has 0 amide bonds. The number of sulfone groups is 1. The first-order chi connectivity index (χ1) is 8.24. The minimum Gasteiger partial charge on any atom is -0.282 e. The number of hydrogen-bond acceptors (Lipinski definition) is 4. The average molecular weight is 313 g/mol. The Morgan fingerprint density at radius 2 is 1.83 bits per heavy atom. The van der Waals surface area contributed by atoms with E-state index in [0.29, 0.717) is 6.42 Å². The molecule has 0 spiro atoms. The summed E-state index contributed by atoms with van der Waals surface area (Å²) in [5, 5.41) is 0. The van der Waals surface area contributed by atoms with Gasteiger partial charge in [0.2, 0.25) is 0 Å². The quantitative estimate of drug-likeness (QED) is 0.657. The van der Waals surface area contributed by atoms with Crippen LogP contribution in [0.5, 0.6) is 0 Å². The second kappa shape index (κ2) is 5.56. The number of hydrogen-bond donors (Lipinski definition) is 1. The molecule has 5 nitrogen and oxygen atoms in total. The van der Waals surface area contributed by atoms with Crippen molar-refractivity contribution in [2.24, 2.45) is 0 Å². The molecule has 0 atom stereocenters. The van der Waals surface area contributed by atoms with Crippen molar-refractivity contribution in [3.63, 3.8) is 0 Å². The summed E-state index contributed by atoms with van der Waals surface area (Å²) in [6.45, 7) is 1.67. The predicted molar refractivity (Wildman–Crippen MR) is 68.4 cm³/mol. The van der Waals surface area contributed by atoms with Crippen LogP contribution in [-0.4, -0.2) is 33.0 Å². The van der Waals surface area contributed by atoms with E-state index >= 15 is 0 Å². The minimum absolute atomic E-state index is 0.149. The lowest BCUT2D eigenvalue weighted by Crippen LogP contribution is -2.15. The van der Waals surface area contributed by atoms with Gasteiger partial charge >= 0.3 is 0 Å². The molecule has 0 saturated heterocycles. The highest BCUT2D eigenvalue weighted by atomic mass is 35.5. The van der Waals surface area contributed by atoms with E-state index in [-0.39, 0.29) is 17.2 Å². The molecule has 0 saturated carbocycles. The van der Waals surface area contributed by atoms with Gasteiger partial charge in [-0.1, -0.05) is 19.1 Å². The summed E-state index contributed by atoms with van der Waals surface area (Å²) in [4.78, 5) is -0.942. The average Bonchev–Trinajstić information content (AvgIpc) is 2.26. The third-order valence-electron chi connectivity index (χ3n) is 2.38. The van der Waals surface area contributed by atoms with Crippen LogP contribution in [0.3, 0.4) is 0 Å². The van der Waals surface area contributed by atoms with Gasteiger partial charge in [0.05, 0.1) is 10.6 Å². The number of aryl methyl sites for hydroxylation is 1. The Labute approximate surface area is 111 Å². The fraction of sp³-hybridized carbons (Fsp3) is 0.400. The summed E-state index contributed by atoms with van der Waals surface area (Å²) in [6, 6.07) is 4.06. The lowest BCUT2D eigenvalue weighted by molar-refractivity contribution is 0.478. The maximum atomic E-state index is 11.9. The zero-order valence-electron chi connectivity index (χ0n) is 9.63. The summed E-state index contributed by atoms with van der Waals surface area (Å²) in [5.74, 6) is -0.534. The molecule has 0 heterocycles. The van der Waals surface area contributed by atoms with Crippen LogP contribution in [0.4, 0.5) is 0 Å². The zero-order chi connectivity index (χ0) is 14.0. The number of rotatable bonds is 5. The molecular weight excluding hydrogens is 300 g/mol. The normalized spacial score (nSPS) is 12.6. The van der Waals surface area contributed by atoms with E-state index in [1.807, 2.05) is 0 Å². The maximum Gasteiger partial charge on any atom is 0.296 e. The third kappa shape index (κ3) is 3.23. The van der Waals surface area contributed by atoms with Crippen molar-refractivity contribution < 1.29 is 21.4 Å². The van der Waals surface area contributed by atoms with Gasteiger partial charge in [0.15, 0.2) is 9.84 Å². The molecule has 1 rings (SSSR count). The van der Waals surface area contributed by atoms with Crippen LogP contribution >= 0.6 is 11.6 Å². The molecule has 18 heavy (non-hydrogen) atoms. The van der Waals surface area contributed by atoms with Crippen molar-refractivity contribution in [3.05, 3.63) is 23.8 Å². The van der Waals surface area contributed by atoms with Gasteiger partial charge in [0.1, 0.15) is 4.90 Å². The first-order valence-electron chi connectivity index (χ1n) is 5.12. The Hall–Kier alpha value is -0.630. The molecule has 0 aliphatic rings. The Bertz CT molecular complexity index is 634. The molecule has 8 heteroatoms. The van der Waals surface area contributed by atoms with Crippen LogP contribution in [0.25, 0.3) is 0 Å². The molecule has 102 valence electrons. The highest BCUT2D eigenvalue weighted by molar-refractivity contribution is 7.92. The van der Waals surface area contributed by atoms with Crippen molar-refractivity contribution in [1.82, 2.24) is 0 Å². The van der Waals surface area contributed by atoms with E-state index in [2.05, 4.69) is 0 Å². The summed E-state index contributed by atoms with van der Waals surface area (Å²) in [6.07, 6.45) is 0.291. The van der Waals surface area contributed by atoms with Crippen LogP contribution in [0.1, 0.15) is 12.5 Å². The topological polar surface area (TPSA) is 88.5 Å². The van der Waals surface area contributed by atoms with Crippen LogP contribution in [0, 0.1) is 0 Å². The van der Waals surface area contributed by atoms with E-state index in [9.17, 15) is 21.4 Å². The molecule has 0 unspecified atom stereocenters. The van der Waals surface area contributed by atoms with Crippen molar-refractivity contribution >= 4 is 31.6 Å². The molecule has 1 N–H and O–H groups in total. The molecule has 0 aromatic heterocycles. The lowest BCUT2D eigenvalue weighted by Gasteiger charge is -2.11. The van der Waals surface area contributed by atoms with Crippen LogP contribution in [-0.2, 0) is 26.4 Å². The molecule has 0 aliphatic carbocycles. The first kappa shape index (κ1) is 15.4. The molecular formula is C10H13ClO5S2. The number of alkyl halides is 1. The number of benzene rings is 1. The summed E-state index contributed by atoms with van der Waals surface area (Å²) in [5.41, 5.74) is 0.258. The van der Waals surface area contributed by atoms with Crippen LogP contribution in [0.2, 0.25) is 0 Å². The molecule has 1 aromatic rings. The highest BCUT2D eigenvalue weighted by Gasteiger charge is 2.27. The Morgan fingerprint density at radius 3 is 2.28 bits per heavy atom. The second-order valence-corrected chi connectivity index (χ2v) is 7.39. The summed E-state index contributed by atoms with van der Waals surface area (Å²) in [7, 11) is -8.43. The van der Waals surface area contributed by atoms with E-state index in [1.54, 1.807) is 6.92 Å². The smallest absolute Gasteiger partial charge is 0.282 e. The fourth-order valence-corrected chi connectivity index (χ4v) is 4.88. The van der Waals surface area contributed by atoms with Crippen LogP contribution < -0.4 is 0 Å². The highest BCUT2D eigenvalue weighted by Crippen LogP contribution is 2.26. The van der Waals surface area contributed by atoms with Crippen molar-refractivity contribution in [1.29, 1.82) is 0 Å². The molecule has 0 fully saturated rings. The van der Waals surface area contributed by atoms with Crippen LogP contribution in [0.15, 0.2) is 28.0 Å². The van der Waals surface area contributed by atoms with Gasteiger partial charge < -0.3 is 0 Å². The summed E-state index contributed by atoms with van der Waals surface area (Å²) >= 11 is 5.39. The molecule has 0 radical (unpaired) electrons. The zero-order valence-corrected chi connectivity index (χ0v) is 12.0. The van der Waals surface area contributed by atoms with Gasteiger partial charge in [-0.15, -0.1) is 11.6 Å². The maximum absolute atomic E-state index is 11.9. The number of halogens is 1. The Balaban J connectivity index is 3.66. The monoisotopic (exact) mass is 312 g/mol. The Kier molecular flexibility index (Phi) is 4.77. The van der Waals surface area contributed by atoms with Gasteiger partial charge in [-0.25, -0.2) is 8.42 Å². The standard InChI is InChI=1S/C10H13ClO5S2/c1-2-8-4-3-5-9(10(8)18(14,15)16)17(12,13)7-6-11/h3-5H,2,6-7H2,1H3,(H,14,15,16). The van der Waals surface area contributed by atoms with E-state index in [0.717, 1.165) is 6.07 Å². The van der Waals surface area contributed by atoms with E-state index in [1.165, 1.54) is 12.1 Å². The van der Waals surface area contributed by atoms with Crippen molar-refractivity contribution in [2.45, 2.75) is 23.1 Å². The third-order valence-corrected chi connectivity index (χ3v) is 5.67. The SMILES string of the molecule is CCc1cccc(S(=O)(=O)CCCl)c1S(=O)(=O)O. The molecule has 1 aromatic carbocycles. The van der Waals surface area contributed by atoms with Gasteiger partial charge in [-0.2, -0.15) is 8.42 Å². The largest absolute Gasteiger partial charge is 0.296 e. The van der Waals surface area contributed by atoms with Gasteiger partial charge in [0, 0.05) is 5.88 Å². The second-order valence-electron chi connectivity index (χ2n) is 3.58. The van der Waals surface area contributed by atoms with Gasteiger partial charge in [-0.05, 0) is 18.1 Å². The van der Waals surface area contributed by atoms with Gasteiger partial charge in [0.25, 0.3) is 10.1 Å². The predicted octanol–water partition coefficient (Wildman–Crippen LogP) is 1.51. The Morgan fingerprint density at radius 1 is 1.22 bits per heavy atom. The molecule has 0 bridgehead atoms. The summed E-state index contributed by atoms with van der Waals surface area (Å²) < 4.78 is 55.7. The molecule has 0 aliphatic heterocycles. The first-order valence-corrected chi connectivity index (χ1v) is 8.74. The lowest BCUT2D eigenvalue weighted by atomic mass is 10.2. The van der Waals surface area contributed by atoms with E-state index in [4.69, 9.17) is 11.6 Å². The fourth-order valence-electron chi connectivity index (χ4n) is 1.59. The van der Waals surface area contributed by atoms with Crippen molar-refractivity contribution in [3.8, 4) is 0 Å². The van der Waals surface area contributed by atoms with Crippen molar-refractivity contribution in [2.75, 3.05) is 11.6 Å². The van der Waals surface area contributed by atoms with E-state index < -0.39 is 29.7 Å². The van der Waals surface area contributed by atoms with Gasteiger partial charge in [-0.3, -0.25) is 4.55 Å².